The molecule has 0 saturated carbocycles. The van der Waals surface area contributed by atoms with Crippen LogP contribution in [0.3, 0.4) is 0 Å². The number of nitrogens with one attached hydrogen (secondary N) is 4. The van der Waals surface area contributed by atoms with Gasteiger partial charge in [0.25, 0.3) is 11.5 Å². The van der Waals surface area contributed by atoms with Gasteiger partial charge in [0.15, 0.2) is 23.1 Å². The van der Waals surface area contributed by atoms with Crippen molar-refractivity contribution in [3.63, 3.8) is 0 Å². The minimum absolute atomic E-state index is 0. The largest absolute Gasteiger partial charge is 1.00 e. The molecule has 11 N–H and O–H groups in total. The van der Waals surface area contributed by atoms with Crippen LogP contribution in [0, 0.1) is 95.1 Å². The van der Waals surface area contributed by atoms with Gasteiger partial charge >= 0.3 is 98.8 Å². The van der Waals surface area contributed by atoms with E-state index in [0.29, 0.717) is 166 Å². The summed E-state index contributed by atoms with van der Waals surface area (Å²) in [5.41, 5.74) is 11.9. The number of carbonyl (C=O) groups excluding carboxylic acids is 10. The van der Waals surface area contributed by atoms with Crippen LogP contribution in [0.25, 0.3) is 11.4 Å². The molecule has 4 amide bonds. The van der Waals surface area contributed by atoms with Gasteiger partial charge in [-0.05, 0) is 296 Å². The van der Waals surface area contributed by atoms with Gasteiger partial charge in [0.2, 0.25) is 17.7 Å². The van der Waals surface area contributed by atoms with Gasteiger partial charge < -0.3 is 62.7 Å². The van der Waals surface area contributed by atoms with E-state index in [9.17, 15) is 94.1 Å². The van der Waals surface area contributed by atoms with Crippen molar-refractivity contribution in [2.45, 2.75) is 261 Å². The van der Waals surface area contributed by atoms with Crippen molar-refractivity contribution in [2.75, 3.05) is 32.8 Å². The normalized spacial score (nSPS) is 11.5. The number of allylic oxidation sites excluding steroid dienone is 2. The van der Waals surface area contributed by atoms with E-state index in [-0.39, 0.29) is 197 Å². The molecular formula is C108H151F6KN7NaO19. The number of rotatable bonds is 45. The van der Waals surface area contributed by atoms with Crippen molar-refractivity contribution in [1.82, 2.24) is 30.8 Å². The zero-order valence-corrected chi connectivity index (χ0v) is 92.5. The maximum Gasteiger partial charge on any atom is 1.00 e. The van der Waals surface area contributed by atoms with Crippen LogP contribution in [0.15, 0.2) is 161 Å². The molecule has 7 rings (SSSR count). The topological polar surface area (TPSA) is 436 Å². The van der Waals surface area contributed by atoms with Crippen LogP contribution in [0.4, 0.5) is 26.3 Å². The van der Waals surface area contributed by atoms with E-state index in [2.05, 4.69) is 86.4 Å². The predicted molar refractivity (Wildman–Crippen MR) is 531 cm³/mol. The van der Waals surface area contributed by atoms with Crippen molar-refractivity contribution < 1.29 is 196 Å². The Balaban J connectivity index is -0.000000806. The first-order chi connectivity index (χ1) is 64.8. The number of nitrogens with zero attached hydrogens (tertiary/aromatic N) is 2. The summed E-state index contributed by atoms with van der Waals surface area (Å²) in [4.78, 5) is 143. The quantitative estimate of drug-likeness (QED) is 0.00578. The summed E-state index contributed by atoms with van der Waals surface area (Å²) in [7, 11) is 0. The maximum absolute atomic E-state index is 14.0. The third-order valence-corrected chi connectivity index (χ3v) is 21.4. The van der Waals surface area contributed by atoms with Gasteiger partial charge in [-0.3, -0.25) is 62.1 Å². The molecule has 142 heavy (non-hydrogen) atoms. The number of para-hydroxylation sites is 2. The summed E-state index contributed by atoms with van der Waals surface area (Å²) >= 11 is 0. The standard InChI is InChI=1S/C24H28F2N2O3.C24H26F2N2O2.C17H25FN2O.C17H24FNO2.C11H20O3.C9H16O3.C6H10O3.K.Na.2H2O/c1-15(2)10-11-19(23(30)27-13-12-17-6-4-7-18(25)14-17)16(3)28-24(31)20-8-5-9-21(26)22(20)29;1-15(2)10-11-19-16(3)27-23(20-8-5-9-21(26)22(20)29)28(24(19)30)13-12-17-6-4-7-18(25)14-17;1-12(2)7-8-16(13(3)19)17(21)20-10-9-14-5-4-6-15(18)11-14;1-12(2)7-8-16(13(3)20)17(21)19-10-9-14-5-4-6-15(18)11-14;1-5-14-11(13)10(9(4)12)7-6-8(2)3;1-6(2)4-5-8(7(3)10)9(11)12;1-3-9-6(8)4-5(2)7;;;;/h4-9,14-15,29H,10-13H2,1-3H3,(H,27,30)(H,28,31);4-9,14-15,29H,10-13H2,1-3H3;4-6,11-12H,7-10,19H2,1-3H3,(H,20,21);4-6,11-12,16H,7-10H2,1-3H3,(H,19,21);8,10H,5-7H2,1-4H3;6,8H,4-5H2,1-3H3,(H,11,12);3-4H2,1-2H3;;;2*1H2/q;;;;;;;2*+1;;/p-2/b19-16-;;16-13-;;;;;;;;. The number of hydrogen-bond acceptors (Lipinski definition) is 20. The number of ether oxygens (including phenoxy) is 2. The first kappa shape index (κ1) is 138. The molecule has 0 aliphatic carbocycles. The number of ketones is 4. The Morgan fingerprint density at radius 2 is 0.831 bits per heavy atom. The number of halogens is 6. The van der Waals surface area contributed by atoms with Crippen molar-refractivity contribution in [3.8, 4) is 22.9 Å². The number of phenols is 2. The minimum atomic E-state index is -0.997. The number of esters is 2. The number of carboxylic acids is 1. The second kappa shape index (κ2) is 75.9. The molecule has 0 spiro atoms. The van der Waals surface area contributed by atoms with E-state index in [1.54, 1.807) is 71.0 Å². The second-order valence-electron chi connectivity index (χ2n) is 36.2. The molecule has 3 unspecified atom stereocenters. The molecule has 1 aromatic heterocycles. The zero-order chi connectivity index (χ0) is 105. The van der Waals surface area contributed by atoms with Crippen LogP contribution in [-0.4, -0.2) is 133 Å². The SMILES string of the molecule is C/C(N)=C(\CCC(C)C)C(=O)NCCc1cccc(F)c1.C/C(NC(=O)c1cccc(F)c1O)=C(\CCC(C)C)C(=O)NCCc1cccc(F)c1.CC(=O)C(CCC(C)C)C(=O)NCCc1cccc(F)c1.CC(=O)C(CCC(C)C)C(=O)O.CCOC(=O)C(CCC(C)C)C(C)=O.CCOC(=O)CC(C)=O.Cc1nc(-c2cccc(F)c2O)n(CCc2cccc(F)c2)c(=O)c1CCC(C)C.[K+].[Na+].[OH-].[OH-]. The number of aliphatic carboxylic acids is 1. The third kappa shape index (κ3) is 58.2. The summed E-state index contributed by atoms with van der Waals surface area (Å²) in [5.74, 6) is -6.97. The summed E-state index contributed by atoms with van der Waals surface area (Å²) in [5, 5.41) is 39.7. The van der Waals surface area contributed by atoms with Crippen molar-refractivity contribution in [1.29, 1.82) is 0 Å². The molecule has 6 aromatic carbocycles. The van der Waals surface area contributed by atoms with Gasteiger partial charge in [-0.2, -0.15) is 0 Å². The number of benzene rings is 6. The number of aromatic nitrogens is 2. The number of aromatic hydroxyl groups is 2. The van der Waals surface area contributed by atoms with Gasteiger partial charge in [0.05, 0.1) is 30.3 Å². The Kier molecular flexibility index (Phi) is 74.0. The van der Waals surface area contributed by atoms with Crippen molar-refractivity contribution >= 4 is 64.7 Å². The predicted octanol–water partition coefficient (Wildman–Crippen LogP) is 13.9. The second-order valence-corrected chi connectivity index (χ2v) is 36.2. The monoisotopic (exact) mass is 2030 g/mol. The van der Waals surface area contributed by atoms with Crippen LogP contribution in [0.5, 0.6) is 11.5 Å². The maximum atomic E-state index is 14.0. The number of carbonyl (C=O) groups is 11. The molecule has 0 fully saturated rings. The Morgan fingerprint density at radius 1 is 0.458 bits per heavy atom. The molecule has 0 bridgehead atoms. The van der Waals surface area contributed by atoms with Gasteiger partial charge in [0, 0.05) is 60.0 Å². The van der Waals surface area contributed by atoms with Gasteiger partial charge in [-0.15, -0.1) is 0 Å². The minimum Gasteiger partial charge on any atom is -0.870 e. The van der Waals surface area contributed by atoms with Gasteiger partial charge in [0.1, 0.15) is 70.5 Å². The molecular weight excluding hydrogens is 1880 g/mol. The summed E-state index contributed by atoms with van der Waals surface area (Å²) in [6.07, 6.45) is 10.3. The summed E-state index contributed by atoms with van der Waals surface area (Å²) in [6, 6.07) is 32.9. The molecule has 0 radical (unpaired) electrons. The third-order valence-electron chi connectivity index (χ3n) is 21.4. The summed E-state index contributed by atoms with van der Waals surface area (Å²) in [6.45, 7) is 41.0. The van der Waals surface area contributed by atoms with E-state index < -0.39 is 58.7 Å². The first-order valence-electron chi connectivity index (χ1n) is 47.3. The number of carboxylic acid groups (broad SMARTS) is 1. The van der Waals surface area contributed by atoms with E-state index in [1.807, 2.05) is 39.8 Å². The van der Waals surface area contributed by atoms with Crippen LogP contribution in [-0.2, 0) is 96.1 Å². The van der Waals surface area contributed by atoms with E-state index >= 15 is 0 Å². The van der Waals surface area contributed by atoms with Gasteiger partial charge in [-0.1, -0.05) is 144 Å². The van der Waals surface area contributed by atoms with Crippen LogP contribution in [0.2, 0.25) is 0 Å². The fraction of sp³-hybridized carbons (Fsp3) is 0.491. The number of phenolic OH excluding ortho intramolecular Hbond substituents is 2. The Morgan fingerprint density at radius 3 is 1.22 bits per heavy atom. The number of amides is 4. The van der Waals surface area contributed by atoms with Crippen LogP contribution < -0.4 is 114 Å². The summed E-state index contributed by atoms with van der Waals surface area (Å²) < 4.78 is 91.2. The van der Waals surface area contributed by atoms with Gasteiger partial charge in [-0.25, -0.2) is 31.3 Å². The number of Topliss-reactive ketones (excluding diaryl/α,β-unsaturated/α-hetero) is 4. The number of hydrogen-bond donors (Lipinski definition) is 8. The average Bonchev–Trinajstić information content (AvgIpc) is 0.775. The Hall–Kier alpha value is -9.81. The molecule has 0 aliphatic rings. The molecule has 1 heterocycles. The molecule has 34 heteroatoms. The molecule has 0 saturated heterocycles. The van der Waals surface area contributed by atoms with Crippen molar-refractivity contribution in [2.24, 2.45) is 59.0 Å². The van der Waals surface area contributed by atoms with E-state index in [0.717, 1.165) is 72.9 Å². The van der Waals surface area contributed by atoms with Crippen molar-refractivity contribution in [3.05, 3.63) is 240 Å². The van der Waals surface area contributed by atoms with Crippen LogP contribution in [0.1, 0.15) is 259 Å². The number of nitrogens with two attached hydrogens (primary N) is 1. The fourth-order valence-corrected chi connectivity index (χ4v) is 13.4. The Bertz CT molecular complexity index is 5180. The fourth-order valence-electron chi connectivity index (χ4n) is 13.4. The average molecular weight is 2030 g/mol. The molecule has 26 nitrogen and oxygen atoms in total. The molecule has 7 aromatic rings. The Labute approximate surface area is 899 Å². The number of aryl methyl sites for hydroxylation is 2. The first-order valence-corrected chi connectivity index (χ1v) is 47.3. The molecule has 3 atom stereocenters. The smallest absolute Gasteiger partial charge is 0.870 e. The van der Waals surface area contributed by atoms with Crippen LogP contribution >= 0.6 is 0 Å². The zero-order valence-electron chi connectivity index (χ0n) is 87.4. The molecule has 776 valence electrons. The van der Waals surface area contributed by atoms with E-state index in [1.165, 1.54) is 105 Å². The molecule has 0 aliphatic heterocycles. The van der Waals surface area contributed by atoms with E-state index in [4.69, 9.17) is 15.6 Å².